The summed E-state index contributed by atoms with van der Waals surface area (Å²) in [5.74, 6) is 0.725. The molecule has 2 rings (SSSR count). The number of likely N-dealkylation sites (tertiary alicyclic amines) is 1. The summed E-state index contributed by atoms with van der Waals surface area (Å²) < 4.78 is 23.2. The van der Waals surface area contributed by atoms with Crippen LogP contribution in [0.25, 0.3) is 0 Å². The number of rotatable bonds is 3. The maximum Gasteiger partial charge on any atom is 0.152 e. The van der Waals surface area contributed by atoms with E-state index in [0.717, 1.165) is 38.9 Å². The minimum atomic E-state index is -2.78. The Kier molecular flexibility index (Phi) is 3.80. The number of sulfone groups is 1. The number of nitrogens with zero attached hydrogens (tertiary/aromatic N) is 1. The maximum atomic E-state index is 11.6. The zero-order valence-corrected chi connectivity index (χ0v) is 11.7. The zero-order valence-electron chi connectivity index (χ0n) is 10.9. The van der Waals surface area contributed by atoms with E-state index in [0.29, 0.717) is 17.5 Å². The molecule has 2 aliphatic rings. The highest BCUT2D eigenvalue weighted by atomic mass is 32.2. The van der Waals surface area contributed by atoms with Gasteiger partial charge < -0.3 is 5.32 Å². The van der Waals surface area contributed by atoms with E-state index >= 15 is 0 Å². The Balaban J connectivity index is 1.93. The van der Waals surface area contributed by atoms with E-state index in [1.54, 1.807) is 0 Å². The largest absolute Gasteiger partial charge is 0.314 e. The van der Waals surface area contributed by atoms with Crippen LogP contribution in [-0.2, 0) is 9.84 Å². The lowest BCUT2D eigenvalue weighted by atomic mass is 9.94. The van der Waals surface area contributed by atoms with Crippen molar-refractivity contribution in [3.8, 4) is 0 Å². The third kappa shape index (κ3) is 3.01. The van der Waals surface area contributed by atoms with Crippen molar-refractivity contribution in [2.75, 3.05) is 31.1 Å². The first kappa shape index (κ1) is 13.3. The number of piperidine rings is 1. The molecule has 0 aromatic rings. The van der Waals surface area contributed by atoms with Gasteiger partial charge in [-0.3, -0.25) is 4.90 Å². The number of nitrogens with one attached hydrogen (secondary N) is 1. The standard InChI is InChI=1S/C12H24N2O2S/c1-3-13-11-4-7-14(8-5-11)12(2)6-9-17(15,16)10-12/h11,13H,3-10H2,1-2H3. The van der Waals surface area contributed by atoms with Crippen molar-refractivity contribution in [3.05, 3.63) is 0 Å². The molecule has 2 aliphatic heterocycles. The van der Waals surface area contributed by atoms with Gasteiger partial charge in [0.1, 0.15) is 0 Å². The van der Waals surface area contributed by atoms with Gasteiger partial charge in [0, 0.05) is 24.7 Å². The molecule has 2 saturated heterocycles. The molecule has 4 nitrogen and oxygen atoms in total. The van der Waals surface area contributed by atoms with Gasteiger partial charge in [-0.2, -0.15) is 0 Å². The fourth-order valence-corrected chi connectivity index (χ4v) is 5.32. The van der Waals surface area contributed by atoms with Crippen LogP contribution in [0.4, 0.5) is 0 Å². The summed E-state index contributed by atoms with van der Waals surface area (Å²) in [7, 11) is -2.78. The lowest BCUT2D eigenvalue weighted by molar-refractivity contribution is 0.0882. The Morgan fingerprint density at radius 2 is 2.00 bits per heavy atom. The van der Waals surface area contributed by atoms with E-state index in [9.17, 15) is 8.42 Å². The van der Waals surface area contributed by atoms with Crippen LogP contribution in [-0.4, -0.2) is 56.0 Å². The molecule has 17 heavy (non-hydrogen) atoms. The minimum absolute atomic E-state index is 0.101. The third-order valence-electron chi connectivity index (χ3n) is 4.23. The molecule has 0 amide bonds. The molecule has 5 heteroatoms. The van der Waals surface area contributed by atoms with E-state index in [-0.39, 0.29) is 5.54 Å². The monoisotopic (exact) mass is 260 g/mol. The summed E-state index contributed by atoms with van der Waals surface area (Å²) >= 11 is 0. The van der Waals surface area contributed by atoms with Crippen molar-refractivity contribution in [1.82, 2.24) is 10.2 Å². The lowest BCUT2D eigenvalue weighted by Gasteiger charge is -2.42. The van der Waals surface area contributed by atoms with Crippen molar-refractivity contribution < 1.29 is 8.42 Å². The molecular formula is C12H24N2O2S. The molecule has 0 saturated carbocycles. The van der Waals surface area contributed by atoms with Gasteiger partial charge in [-0.1, -0.05) is 6.92 Å². The predicted molar refractivity (Wildman–Crippen MR) is 69.9 cm³/mol. The van der Waals surface area contributed by atoms with Gasteiger partial charge in [0.2, 0.25) is 0 Å². The molecule has 1 N–H and O–H groups in total. The van der Waals surface area contributed by atoms with Gasteiger partial charge in [0.15, 0.2) is 9.84 Å². The summed E-state index contributed by atoms with van der Waals surface area (Å²) in [6.45, 7) is 7.34. The lowest BCUT2D eigenvalue weighted by Crippen LogP contribution is -2.53. The second-order valence-corrected chi connectivity index (χ2v) is 7.84. The molecule has 0 radical (unpaired) electrons. The SMILES string of the molecule is CCNC1CCN(C2(C)CCS(=O)(=O)C2)CC1. The Morgan fingerprint density at radius 1 is 1.35 bits per heavy atom. The van der Waals surface area contributed by atoms with Crippen LogP contribution in [0, 0.1) is 0 Å². The smallest absolute Gasteiger partial charge is 0.152 e. The van der Waals surface area contributed by atoms with Crippen LogP contribution in [0.1, 0.15) is 33.1 Å². The molecule has 0 spiro atoms. The van der Waals surface area contributed by atoms with Crippen molar-refractivity contribution >= 4 is 9.84 Å². The van der Waals surface area contributed by atoms with Gasteiger partial charge in [-0.25, -0.2) is 8.42 Å². The molecule has 0 bridgehead atoms. The normalized spacial score (nSPS) is 35.2. The van der Waals surface area contributed by atoms with Gasteiger partial charge in [-0.05, 0) is 32.7 Å². The Hall–Kier alpha value is -0.130. The van der Waals surface area contributed by atoms with E-state index in [1.165, 1.54) is 0 Å². The van der Waals surface area contributed by atoms with E-state index in [1.807, 2.05) is 0 Å². The fraction of sp³-hybridized carbons (Fsp3) is 1.00. The zero-order chi connectivity index (χ0) is 12.5. The van der Waals surface area contributed by atoms with Crippen LogP contribution < -0.4 is 5.32 Å². The third-order valence-corrected chi connectivity index (χ3v) is 6.12. The Morgan fingerprint density at radius 3 is 2.47 bits per heavy atom. The molecule has 1 atom stereocenters. The van der Waals surface area contributed by atoms with E-state index in [4.69, 9.17) is 0 Å². The molecule has 0 aromatic carbocycles. The average Bonchev–Trinajstić information content (AvgIpc) is 2.56. The molecular weight excluding hydrogens is 236 g/mol. The molecule has 1 unspecified atom stereocenters. The summed E-state index contributed by atoms with van der Waals surface area (Å²) in [4.78, 5) is 2.39. The second-order valence-electron chi connectivity index (χ2n) is 5.66. The summed E-state index contributed by atoms with van der Waals surface area (Å²) in [5, 5.41) is 3.48. The summed E-state index contributed by atoms with van der Waals surface area (Å²) in [6.07, 6.45) is 3.09. The van der Waals surface area contributed by atoms with Crippen molar-refractivity contribution in [2.45, 2.75) is 44.7 Å². The maximum absolute atomic E-state index is 11.6. The molecule has 0 aromatic heterocycles. The van der Waals surface area contributed by atoms with Crippen LogP contribution in [0.15, 0.2) is 0 Å². The molecule has 2 heterocycles. The molecule has 2 fully saturated rings. The van der Waals surface area contributed by atoms with Crippen LogP contribution in [0.5, 0.6) is 0 Å². The first-order valence-corrected chi connectivity index (χ1v) is 8.46. The van der Waals surface area contributed by atoms with E-state index < -0.39 is 9.84 Å². The van der Waals surface area contributed by atoms with Gasteiger partial charge in [0.05, 0.1) is 11.5 Å². The van der Waals surface area contributed by atoms with Crippen molar-refractivity contribution in [2.24, 2.45) is 0 Å². The average molecular weight is 260 g/mol. The molecule has 100 valence electrons. The predicted octanol–water partition coefficient (Wildman–Crippen LogP) is 0.638. The first-order chi connectivity index (χ1) is 7.95. The minimum Gasteiger partial charge on any atom is -0.314 e. The summed E-state index contributed by atoms with van der Waals surface area (Å²) in [5.41, 5.74) is -0.101. The van der Waals surface area contributed by atoms with Gasteiger partial charge in [-0.15, -0.1) is 0 Å². The van der Waals surface area contributed by atoms with Gasteiger partial charge >= 0.3 is 0 Å². The second kappa shape index (κ2) is 4.86. The van der Waals surface area contributed by atoms with Crippen molar-refractivity contribution in [3.63, 3.8) is 0 Å². The first-order valence-electron chi connectivity index (χ1n) is 6.64. The topological polar surface area (TPSA) is 49.4 Å². The highest BCUT2D eigenvalue weighted by Gasteiger charge is 2.43. The Bertz CT molecular complexity index is 361. The van der Waals surface area contributed by atoms with Gasteiger partial charge in [0.25, 0.3) is 0 Å². The fourth-order valence-electron chi connectivity index (χ4n) is 3.16. The number of hydrogen-bond donors (Lipinski definition) is 1. The highest BCUT2D eigenvalue weighted by molar-refractivity contribution is 7.91. The number of hydrogen-bond acceptors (Lipinski definition) is 4. The molecule has 0 aliphatic carbocycles. The summed E-state index contributed by atoms with van der Waals surface area (Å²) in [6, 6.07) is 0.623. The highest BCUT2D eigenvalue weighted by Crippen LogP contribution is 2.31. The van der Waals surface area contributed by atoms with E-state index in [2.05, 4.69) is 24.1 Å². The Labute approximate surface area is 105 Å². The van der Waals surface area contributed by atoms with Crippen molar-refractivity contribution in [1.29, 1.82) is 0 Å². The van der Waals surface area contributed by atoms with Crippen LogP contribution >= 0.6 is 0 Å². The van der Waals surface area contributed by atoms with Crippen LogP contribution in [0.3, 0.4) is 0 Å². The van der Waals surface area contributed by atoms with Crippen LogP contribution in [0.2, 0.25) is 0 Å². The quantitative estimate of drug-likeness (QED) is 0.809.